The maximum Gasteiger partial charge on any atom is 0.258 e. The third-order valence-corrected chi connectivity index (χ3v) is 5.90. The molecule has 1 fully saturated rings. The van der Waals surface area contributed by atoms with Crippen molar-refractivity contribution in [1.82, 2.24) is 9.97 Å². The molecule has 158 valence electrons. The molecule has 2 aliphatic rings. The number of fused-ring (bicyclic) bond motifs is 1. The van der Waals surface area contributed by atoms with Gasteiger partial charge in [-0.2, -0.15) is 4.98 Å². The summed E-state index contributed by atoms with van der Waals surface area (Å²) in [6.07, 6.45) is 2.02. The van der Waals surface area contributed by atoms with E-state index >= 15 is 0 Å². The molecular formula is C21H24ClN5O3. The quantitative estimate of drug-likeness (QED) is 0.695. The number of nitrogens with zero attached hydrogens (tertiary/aromatic N) is 2. The Hall–Kier alpha value is -2.87. The predicted molar refractivity (Wildman–Crippen MR) is 116 cm³/mol. The van der Waals surface area contributed by atoms with Gasteiger partial charge in [-0.25, -0.2) is 0 Å². The molecule has 3 N–H and O–H groups in total. The van der Waals surface area contributed by atoms with Gasteiger partial charge in [-0.1, -0.05) is 24.6 Å². The lowest BCUT2D eigenvalue weighted by molar-refractivity contribution is -0.123. The lowest BCUT2D eigenvalue weighted by Crippen LogP contribution is -2.40. The van der Waals surface area contributed by atoms with Crippen LogP contribution in [0, 0.1) is 12.8 Å². The normalized spacial score (nSPS) is 21.0. The van der Waals surface area contributed by atoms with Gasteiger partial charge in [0, 0.05) is 30.2 Å². The van der Waals surface area contributed by atoms with Crippen molar-refractivity contribution >= 4 is 40.9 Å². The molecule has 0 spiro atoms. The lowest BCUT2D eigenvalue weighted by Gasteiger charge is -2.32. The minimum Gasteiger partial charge on any atom is -0.342 e. The van der Waals surface area contributed by atoms with E-state index in [9.17, 15) is 14.4 Å². The molecular weight excluding hydrogens is 406 g/mol. The number of piperidine rings is 1. The number of H-pyrrole nitrogens is 1. The van der Waals surface area contributed by atoms with E-state index in [4.69, 9.17) is 11.6 Å². The van der Waals surface area contributed by atoms with Crippen molar-refractivity contribution in [2.24, 2.45) is 5.92 Å². The first-order valence-electron chi connectivity index (χ1n) is 10.1. The Bertz CT molecular complexity index is 1070. The Kier molecular flexibility index (Phi) is 5.51. The summed E-state index contributed by atoms with van der Waals surface area (Å²) >= 11 is 6.03. The fourth-order valence-electron chi connectivity index (χ4n) is 4.06. The summed E-state index contributed by atoms with van der Waals surface area (Å²) in [5.41, 5.74) is 1.15. The van der Waals surface area contributed by atoms with Crippen LogP contribution in [0.2, 0.25) is 5.02 Å². The van der Waals surface area contributed by atoms with Gasteiger partial charge in [0.25, 0.3) is 5.56 Å². The van der Waals surface area contributed by atoms with Gasteiger partial charge in [0.2, 0.25) is 17.8 Å². The van der Waals surface area contributed by atoms with Crippen LogP contribution >= 0.6 is 11.6 Å². The van der Waals surface area contributed by atoms with Crippen LogP contribution in [-0.4, -0.2) is 34.9 Å². The second-order valence-corrected chi connectivity index (χ2v) is 8.54. The number of hydrogen-bond acceptors (Lipinski definition) is 5. The van der Waals surface area contributed by atoms with Crippen LogP contribution in [0.4, 0.5) is 17.5 Å². The molecule has 1 saturated heterocycles. The van der Waals surface area contributed by atoms with Gasteiger partial charge in [-0.3, -0.25) is 19.4 Å². The maximum atomic E-state index is 13.0. The standard InChI is InChI=1S/C21H24ClN5O3/c1-11-4-3-7-27(10-11)21-25-18-17(20(30)26-21)14(9-16(28)24-18)19(29)23-15-8-13(22)6-5-12(15)2/h5-6,8,11,14H,3-4,7,9-10H2,1-2H3,(H,23,29)(H2,24,25,26,28,30). The van der Waals surface area contributed by atoms with E-state index in [2.05, 4.69) is 27.5 Å². The first-order valence-corrected chi connectivity index (χ1v) is 10.5. The second kappa shape index (κ2) is 8.10. The number of benzene rings is 1. The molecule has 0 aliphatic carbocycles. The van der Waals surface area contributed by atoms with Crippen molar-refractivity contribution in [3.63, 3.8) is 0 Å². The van der Waals surface area contributed by atoms with Gasteiger partial charge in [0.15, 0.2) is 0 Å². The molecule has 8 nitrogen and oxygen atoms in total. The minimum absolute atomic E-state index is 0.122. The number of anilines is 3. The number of hydrogen-bond donors (Lipinski definition) is 3. The third-order valence-electron chi connectivity index (χ3n) is 5.67. The molecule has 0 saturated carbocycles. The zero-order valence-corrected chi connectivity index (χ0v) is 17.7. The molecule has 1 aromatic carbocycles. The zero-order valence-electron chi connectivity index (χ0n) is 16.9. The largest absolute Gasteiger partial charge is 0.342 e. The number of carbonyl (C=O) groups excluding carboxylic acids is 2. The summed E-state index contributed by atoms with van der Waals surface area (Å²) < 4.78 is 0. The third kappa shape index (κ3) is 4.05. The molecule has 2 unspecified atom stereocenters. The van der Waals surface area contributed by atoms with Gasteiger partial charge in [0.1, 0.15) is 5.82 Å². The Morgan fingerprint density at radius 1 is 1.33 bits per heavy atom. The molecule has 9 heteroatoms. The van der Waals surface area contributed by atoms with Crippen molar-refractivity contribution in [1.29, 1.82) is 0 Å². The summed E-state index contributed by atoms with van der Waals surface area (Å²) in [5.74, 6) is -0.639. The highest BCUT2D eigenvalue weighted by Crippen LogP contribution is 2.31. The van der Waals surface area contributed by atoms with Crippen LogP contribution in [-0.2, 0) is 9.59 Å². The Labute approximate surface area is 179 Å². The monoisotopic (exact) mass is 429 g/mol. The van der Waals surface area contributed by atoms with Gasteiger partial charge in [0.05, 0.1) is 11.5 Å². The number of amides is 2. The molecule has 3 heterocycles. The Morgan fingerprint density at radius 3 is 2.90 bits per heavy atom. The minimum atomic E-state index is -0.933. The number of rotatable bonds is 3. The van der Waals surface area contributed by atoms with Crippen LogP contribution in [0.15, 0.2) is 23.0 Å². The summed E-state index contributed by atoms with van der Waals surface area (Å²) in [7, 11) is 0. The van der Waals surface area contributed by atoms with Crippen molar-refractivity contribution in [3.05, 3.63) is 44.7 Å². The molecule has 0 bridgehead atoms. The van der Waals surface area contributed by atoms with Gasteiger partial charge < -0.3 is 15.5 Å². The van der Waals surface area contributed by atoms with E-state index < -0.39 is 17.4 Å². The topological polar surface area (TPSA) is 107 Å². The van der Waals surface area contributed by atoms with Crippen molar-refractivity contribution in [2.45, 2.75) is 39.0 Å². The zero-order chi connectivity index (χ0) is 21.4. The molecule has 1 aromatic heterocycles. The summed E-state index contributed by atoms with van der Waals surface area (Å²) in [6, 6.07) is 5.16. The summed E-state index contributed by atoms with van der Waals surface area (Å²) in [5, 5.41) is 5.95. The van der Waals surface area contributed by atoms with E-state index in [0.717, 1.165) is 31.5 Å². The Morgan fingerprint density at radius 2 is 2.13 bits per heavy atom. The first kappa shape index (κ1) is 20.4. The fraction of sp³-hybridized carbons (Fsp3) is 0.429. The first-order chi connectivity index (χ1) is 14.3. The average Bonchev–Trinajstić information content (AvgIpc) is 2.69. The maximum absolute atomic E-state index is 13.0. The number of aromatic nitrogens is 2. The second-order valence-electron chi connectivity index (χ2n) is 8.10. The van der Waals surface area contributed by atoms with Crippen molar-refractivity contribution in [3.8, 4) is 0 Å². The van der Waals surface area contributed by atoms with Crippen LogP contribution < -0.4 is 21.1 Å². The Balaban J connectivity index is 1.66. The number of aryl methyl sites for hydroxylation is 1. The van der Waals surface area contributed by atoms with E-state index in [1.165, 1.54) is 0 Å². The predicted octanol–water partition coefficient (Wildman–Crippen LogP) is 3.03. The number of aromatic amines is 1. The average molecular weight is 430 g/mol. The highest BCUT2D eigenvalue weighted by atomic mass is 35.5. The molecule has 4 rings (SSSR count). The SMILES string of the molecule is Cc1ccc(Cl)cc1NC(=O)C1CC(=O)Nc2nc(N3CCCC(C)C3)[nH]c(=O)c21. The highest BCUT2D eigenvalue weighted by Gasteiger charge is 2.35. The van der Waals surface area contributed by atoms with Crippen molar-refractivity contribution in [2.75, 3.05) is 28.6 Å². The van der Waals surface area contributed by atoms with E-state index in [-0.39, 0.29) is 23.7 Å². The summed E-state index contributed by atoms with van der Waals surface area (Å²) in [6.45, 7) is 5.57. The van der Waals surface area contributed by atoms with Gasteiger partial charge >= 0.3 is 0 Å². The molecule has 2 aliphatic heterocycles. The van der Waals surface area contributed by atoms with Crippen LogP contribution in [0.3, 0.4) is 0 Å². The van der Waals surface area contributed by atoms with Gasteiger partial charge in [-0.15, -0.1) is 0 Å². The fourth-order valence-corrected chi connectivity index (χ4v) is 4.24. The molecule has 2 atom stereocenters. The number of nitrogens with one attached hydrogen (secondary N) is 3. The van der Waals surface area contributed by atoms with Gasteiger partial charge in [-0.05, 0) is 43.4 Å². The van der Waals surface area contributed by atoms with Crippen LogP contribution in [0.1, 0.15) is 43.2 Å². The molecule has 2 aromatic rings. The lowest BCUT2D eigenvalue weighted by atomic mass is 9.92. The molecule has 2 amide bonds. The van der Waals surface area contributed by atoms with Crippen LogP contribution in [0.5, 0.6) is 0 Å². The van der Waals surface area contributed by atoms with Crippen LogP contribution in [0.25, 0.3) is 0 Å². The smallest absolute Gasteiger partial charge is 0.258 e. The molecule has 30 heavy (non-hydrogen) atoms. The van der Waals surface area contributed by atoms with E-state index in [1.807, 2.05) is 11.8 Å². The van der Waals surface area contributed by atoms with E-state index in [0.29, 0.717) is 22.6 Å². The highest BCUT2D eigenvalue weighted by molar-refractivity contribution is 6.31. The number of halogens is 1. The van der Waals surface area contributed by atoms with Crippen molar-refractivity contribution < 1.29 is 9.59 Å². The molecule has 0 radical (unpaired) electrons. The number of carbonyl (C=O) groups is 2. The van der Waals surface area contributed by atoms with E-state index in [1.54, 1.807) is 18.2 Å². The summed E-state index contributed by atoms with van der Waals surface area (Å²) in [4.78, 5) is 47.5.